The van der Waals surface area contributed by atoms with Crippen molar-refractivity contribution in [3.63, 3.8) is 0 Å². The fourth-order valence-electron chi connectivity index (χ4n) is 3.21. The van der Waals surface area contributed by atoms with Crippen LogP contribution in [0, 0.1) is 0 Å². The predicted molar refractivity (Wildman–Crippen MR) is 95.2 cm³/mol. The summed E-state index contributed by atoms with van der Waals surface area (Å²) in [6.45, 7) is 1.25. The molecule has 1 aliphatic carbocycles. The Bertz CT molecular complexity index is 486. The lowest BCUT2D eigenvalue weighted by molar-refractivity contribution is 0.178. The van der Waals surface area contributed by atoms with E-state index in [1.807, 2.05) is 4.57 Å². The Labute approximate surface area is 146 Å². The molecule has 0 aromatic carbocycles. The van der Waals surface area contributed by atoms with E-state index in [0.29, 0.717) is 37.0 Å². The number of thioether (sulfide) groups is 2. The fourth-order valence-corrected chi connectivity index (χ4v) is 5.63. The highest BCUT2D eigenvalue weighted by Gasteiger charge is 2.35. The van der Waals surface area contributed by atoms with Crippen LogP contribution >= 0.6 is 23.5 Å². The van der Waals surface area contributed by atoms with Crippen molar-refractivity contribution in [2.24, 2.45) is 0 Å². The van der Waals surface area contributed by atoms with Gasteiger partial charge in [-0.05, 0) is 12.8 Å². The van der Waals surface area contributed by atoms with Gasteiger partial charge in [0.1, 0.15) is 12.4 Å². The third kappa shape index (κ3) is 4.42. The second-order valence-electron chi connectivity index (χ2n) is 6.16. The van der Waals surface area contributed by atoms with Crippen LogP contribution in [-0.4, -0.2) is 68.7 Å². The summed E-state index contributed by atoms with van der Waals surface area (Å²) in [6, 6.07) is 1.23. The summed E-state index contributed by atoms with van der Waals surface area (Å²) in [6.07, 6.45) is 2.23. The summed E-state index contributed by atoms with van der Waals surface area (Å²) in [5.41, 5.74) is 0. The van der Waals surface area contributed by atoms with Crippen LogP contribution in [0.2, 0.25) is 0 Å². The van der Waals surface area contributed by atoms with Crippen molar-refractivity contribution in [1.82, 2.24) is 20.1 Å². The molecule has 0 unspecified atom stereocenters. The summed E-state index contributed by atoms with van der Waals surface area (Å²) in [5.74, 6) is 7.12. The molecule has 2 fully saturated rings. The minimum atomic E-state index is -0.0678. The SMILES string of the molecule is COCCn1c(CO)nnc1C1CC(NC2CSCCSC2)C1. The van der Waals surface area contributed by atoms with Gasteiger partial charge >= 0.3 is 0 Å². The smallest absolute Gasteiger partial charge is 0.158 e. The first-order chi connectivity index (χ1) is 11.3. The first-order valence-corrected chi connectivity index (χ1v) is 10.6. The molecule has 2 heterocycles. The summed E-state index contributed by atoms with van der Waals surface area (Å²) < 4.78 is 7.19. The third-order valence-electron chi connectivity index (χ3n) is 4.50. The van der Waals surface area contributed by atoms with Crippen molar-refractivity contribution in [3.8, 4) is 0 Å². The summed E-state index contributed by atoms with van der Waals surface area (Å²) in [4.78, 5) is 0. The second kappa shape index (κ2) is 8.71. The molecular formula is C15H26N4O2S2. The van der Waals surface area contributed by atoms with Crippen LogP contribution < -0.4 is 5.32 Å². The standard InChI is InChI=1S/C15H26N4O2S2/c1-21-3-2-19-14(8-20)17-18-15(19)11-6-12(7-11)16-13-9-22-4-5-23-10-13/h11-13,16,20H,2-10H2,1H3. The zero-order valence-corrected chi connectivity index (χ0v) is 15.2. The van der Waals surface area contributed by atoms with Gasteiger partial charge in [0, 0.05) is 54.7 Å². The largest absolute Gasteiger partial charge is 0.388 e. The van der Waals surface area contributed by atoms with Gasteiger partial charge in [0.05, 0.1) is 6.61 Å². The molecule has 1 aromatic rings. The Morgan fingerprint density at radius 3 is 2.61 bits per heavy atom. The highest BCUT2D eigenvalue weighted by Crippen LogP contribution is 2.37. The lowest BCUT2D eigenvalue weighted by Crippen LogP contribution is -2.47. The molecule has 0 spiro atoms. The molecule has 0 radical (unpaired) electrons. The van der Waals surface area contributed by atoms with E-state index in [-0.39, 0.29) is 6.61 Å². The highest BCUT2D eigenvalue weighted by atomic mass is 32.2. The molecule has 2 N–H and O–H groups in total. The van der Waals surface area contributed by atoms with Crippen LogP contribution in [-0.2, 0) is 17.9 Å². The number of methoxy groups -OCH3 is 1. The molecule has 1 aromatic heterocycles. The topological polar surface area (TPSA) is 72.2 Å². The van der Waals surface area contributed by atoms with Crippen molar-refractivity contribution in [2.75, 3.05) is 36.7 Å². The zero-order valence-electron chi connectivity index (χ0n) is 13.6. The Kier molecular flexibility index (Phi) is 6.64. The number of aliphatic hydroxyl groups excluding tert-OH is 1. The van der Waals surface area contributed by atoms with Gasteiger partial charge in [0.2, 0.25) is 0 Å². The van der Waals surface area contributed by atoms with E-state index < -0.39 is 0 Å². The van der Waals surface area contributed by atoms with Crippen LogP contribution in [0.4, 0.5) is 0 Å². The molecule has 8 heteroatoms. The number of aliphatic hydroxyl groups is 1. The molecule has 0 amide bonds. The molecular weight excluding hydrogens is 332 g/mol. The molecule has 0 atom stereocenters. The Morgan fingerprint density at radius 1 is 1.22 bits per heavy atom. The second-order valence-corrected chi connectivity index (χ2v) is 8.46. The number of nitrogens with zero attached hydrogens (tertiary/aromatic N) is 3. The minimum Gasteiger partial charge on any atom is -0.388 e. The van der Waals surface area contributed by atoms with Crippen molar-refractivity contribution in [3.05, 3.63) is 11.6 Å². The van der Waals surface area contributed by atoms with Crippen molar-refractivity contribution in [1.29, 1.82) is 0 Å². The summed E-state index contributed by atoms with van der Waals surface area (Å²) in [7, 11) is 1.69. The average Bonchev–Trinajstić information content (AvgIpc) is 2.74. The van der Waals surface area contributed by atoms with E-state index in [1.54, 1.807) is 7.11 Å². The number of hydrogen-bond donors (Lipinski definition) is 2. The van der Waals surface area contributed by atoms with E-state index in [0.717, 1.165) is 18.7 Å². The van der Waals surface area contributed by atoms with E-state index in [1.165, 1.54) is 23.0 Å². The lowest BCUT2D eigenvalue weighted by atomic mass is 9.79. The van der Waals surface area contributed by atoms with Crippen LogP contribution in [0.5, 0.6) is 0 Å². The Balaban J connectivity index is 1.53. The van der Waals surface area contributed by atoms with Gasteiger partial charge in [-0.3, -0.25) is 0 Å². The van der Waals surface area contributed by atoms with Crippen molar-refractivity contribution >= 4 is 23.5 Å². The monoisotopic (exact) mass is 358 g/mol. The number of aromatic nitrogens is 3. The average molecular weight is 359 g/mol. The van der Waals surface area contributed by atoms with Gasteiger partial charge in [0.25, 0.3) is 0 Å². The van der Waals surface area contributed by atoms with Gasteiger partial charge in [0.15, 0.2) is 5.82 Å². The quantitative estimate of drug-likeness (QED) is 0.756. The van der Waals surface area contributed by atoms with Crippen LogP contribution in [0.1, 0.15) is 30.4 Å². The summed E-state index contributed by atoms with van der Waals surface area (Å²) in [5, 5.41) is 21.7. The van der Waals surface area contributed by atoms with E-state index in [2.05, 4.69) is 39.0 Å². The number of ether oxygens (including phenoxy) is 1. The maximum atomic E-state index is 9.42. The molecule has 23 heavy (non-hydrogen) atoms. The number of hydrogen-bond acceptors (Lipinski definition) is 7. The Morgan fingerprint density at radius 2 is 1.96 bits per heavy atom. The maximum Gasteiger partial charge on any atom is 0.158 e. The van der Waals surface area contributed by atoms with E-state index >= 15 is 0 Å². The van der Waals surface area contributed by atoms with Crippen molar-refractivity contribution in [2.45, 2.75) is 44.0 Å². The lowest BCUT2D eigenvalue weighted by Gasteiger charge is -2.37. The van der Waals surface area contributed by atoms with Gasteiger partial charge in [-0.2, -0.15) is 23.5 Å². The van der Waals surface area contributed by atoms with Crippen molar-refractivity contribution < 1.29 is 9.84 Å². The zero-order chi connectivity index (χ0) is 16.1. The molecule has 1 saturated heterocycles. The Hall–Kier alpha value is -0.280. The number of nitrogens with one attached hydrogen (secondary N) is 1. The normalized spacial score (nSPS) is 26.0. The molecule has 1 saturated carbocycles. The summed E-state index contributed by atoms with van der Waals surface area (Å²) >= 11 is 4.13. The van der Waals surface area contributed by atoms with Crippen LogP contribution in [0.25, 0.3) is 0 Å². The highest BCUT2D eigenvalue weighted by molar-refractivity contribution is 8.03. The van der Waals surface area contributed by atoms with Gasteiger partial charge in [-0.25, -0.2) is 0 Å². The minimum absolute atomic E-state index is 0.0678. The first kappa shape index (κ1) is 17.5. The fraction of sp³-hybridized carbons (Fsp3) is 0.867. The van der Waals surface area contributed by atoms with Gasteiger partial charge in [-0.1, -0.05) is 0 Å². The van der Waals surface area contributed by atoms with Gasteiger partial charge < -0.3 is 19.7 Å². The molecule has 6 nitrogen and oxygen atoms in total. The first-order valence-electron chi connectivity index (χ1n) is 8.25. The maximum absolute atomic E-state index is 9.42. The van der Waals surface area contributed by atoms with Crippen LogP contribution in [0.3, 0.4) is 0 Å². The molecule has 2 aliphatic rings. The molecule has 1 aliphatic heterocycles. The third-order valence-corrected chi connectivity index (χ3v) is 7.02. The predicted octanol–water partition coefficient (Wildman–Crippen LogP) is 1.10. The van der Waals surface area contributed by atoms with Crippen LogP contribution in [0.15, 0.2) is 0 Å². The van der Waals surface area contributed by atoms with E-state index in [9.17, 15) is 5.11 Å². The molecule has 0 bridgehead atoms. The van der Waals surface area contributed by atoms with E-state index in [4.69, 9.17) is 4.74 Å². The van der Waals surface area contributed by atoms with Gasteiger partial charge in [-0.15, -0.1) is 10.2 Å². The molecule has 130 valence electrons. The number of rotatable bonds is 7. The molecule has 3 rings (SSSR count).